The maximum atomic E-state index is 14.1. The molecule has 3 fully saturated rings. The fourth-order valence-corrected chi connectivity index (χ4v) is 5.83. The Labute approximate surface area is 242 Å². The summed E-state index contributed by atoms with van der Waals surface area (Å²) in [6.07, 6.45) is -0.151. The van der Waals surface area contributed by atoms with Crippen LogP contribution in [0.3, 0.4) is 0 Å². The number of alkyl halides is 4. The Kier molecular flexibility index (Phi) is 9.79. The van der Waals surface area contributed by atoms with Crippen molar-refractivity contribution >= 4 is 11.7 Å². The molecule has 0 aliphatic carbocycles. The van der Waals surface area contributed by atoms with Crippen molar-refractivity contribution in [1.82, 2.24) is 20.2 Å². The van der Waals surface area contributed by atoms with Crippen molar-refractivity contribution in [2.45, 2.75) is 82.3 Å². The lowest BCUT2D eigenvalue weighted by Gasteiger charge is -2.36. The second-order valence-electron chi connectivity index (χ2n) is 11.1. The molecule has 1 amide bonds. The van der Waals surface area contributed by atoms with E-state index in [1.54, 1.807) is 17.0 Å². The topological polar surface area (TPSA) is 97.8 Å². The summed E-state index contributed by atoms with van der Waals surface area (Å²) in [7, 11) is 0. The number of halogens is 4. The Bertz CT molecular complexity index is 1190. The van der Waals surface area contributed by atoms with Crippen molar-refractivity contribution in [2.24, 2.45) is 0 Å². The zero-order valence-corrected chi connectivity index (χ0v) is 23.5. The first kappa shape index (κ1) is 30.4. The molecule has 5 rings (SSSR count). The maximum Gasteiger partial charge on any atom is 0.573 e. The van der Waals surface area contributed by atoms with Crippen LogP contribution in [0.2, 0.25) is 0 Å². The first-order valence-corrected chi connectivity index (χ1v) is 14.5. The molecule has 0 bridgehead atoms. The van der Waals surface area contributed by atoms with E-state index in [1.165, 1.54) is 18.5 Å². The van der Waals surface area contributed by atoms with Gasteiger partial charge in [-0.05, 0) is 63.1 Å². The number of aromatic nitrogens is 2. The molecule has 1 aromatic carbocycles. The number of carbonyl (C=O) groups is 1. The van der Waals surface area contributed by atoms with Gasteiger partial charge in [0.05, 0.1) is 18.8 Å². The number of anilines is 1. The van der Waals surface area contributed by atoms with Crippen LogP contribution in [0.15, 0.2) is 30.6 Å². The lowest BCUT2D eigenvalue weighted by Crippen LogP contribution is -2.52. The molecule has 0 saturated carbocycles. The first-order chi connectivity index (χ1) is 20.2. The normalized spacial score (nSPS) is 25.7. The summed E-state index contributed by atoms with van der Waals surface area (Å²) in [5.41, 5.74) is 1.78. The van der Waals surface area contributed by atoms with Crippen LogP contribution in [0, 0.1) is 6.92 Å². The molecular weight excluding hydrogens is 558 g/mol. The molecule has 0 spiro atoms. The van der Waals surface area contributed by atoms with E-state index in [0.29, 0.717) is 49.7 Å². The third-order valence-corrected chi connectivity index (χ3v) is 8.14. The molecule has 3 aliphatic heterocycles. The molecule has 42 heavy (non-hydrogen) atoms. The average molecular weight is 596 g/mol. The van der Waals surface area contributed by atoms with Crippen molar-refractivity contribution in [3.63, 3.8) is 0 Å². The van der Waals surface area contributed by atoms with Gasteiger partial charge in [-0.3, -0.25) is 4.79 Å². The minimum atomic E-state index is -4.73. The summed E-state index contributed by atoms with van der Waals surface area (Å²) in [4.78, 5) is 23.7. The Morgan fingerprint density at radius 2 is 1.86 bits per heavy atom. The fourth-order valence-electron chi connectivity index (χ4n) is 5.83. The monoisotopic (exact) mass is 595 g/mol. The molecule has 3 aliphatic rings. The number of rotatable bonds is 8. The summed E-state index contributed by atoms with van der Waals surface area (Å²) in [5, 5.41) is 6.71. The highest BCUT2D eigenvalue weighted by Gasteiger charge is 2.32. The number of nitrogens with zero attached hydrogens (tertiary/aromatic N) is 3. The van der Waals surface area contributed by atoms with Crippen LogP contribution in [0.4, 0.5) is 23.4 Å². The van der Waals surface area contributed by atoms with E-state index in [0.717, 1.165) is 37.7 Å². The number of hydrogen-bond acceptors (Lipinski definition) is 8. The Balaban J connectivity index is 1.12. The zero-order valence-electron chi connectivity index (χ0n) is 23.5. The van der Waals surface area contributed by atoms with Gasteiger partial charge < -0.3 is 29.7 Å². The summed E-state index contributed by atoms with van der Waals surface area (Å²) < 4.78 is 66.9. The summed E-state index contributed by atoms with van der Waals surface area (Å²) >= 11 is 0. The predicted octanol–water partition coefficient (Wildman–Crippen LogP) is 4.73. The van der Waals surface area contributed by atoms with Crippen molar-refractivity contribution in [1.29, 1.82) is 0 Å². The molecule has 0 unspecified atom stereocenters. The maximum absolute atomic E-state index is 14.1. The largest absolute Gasteiger partial charge is 0.573 e. The van der Waals surface area contributed by atoms with Gasteiger partial charge in [-0.25, -0.2) is 14.4 Å². The number of carbonyl (C=O) groups excluding carboxylic acids is 1. The van der Waals surface area contributed by atoms with Gasteiger partial charge >= 0.3 is 6.36 Å². The number of likely N-dealkylation sites (tertiary alicyclic amines) is 1. The molecule has 0 radical (unpaired) electrons. The van der Waals surface area contributed by atoms with Crippen LogP contribution in [0.5, 0.6) is 5.75 Å². The molecule has 9 nitrogen and oxygen atoms in total. The molecule has 13 heteroatoms. The van der Waals surface area contributed by atoms with Crippen LogP contribution in [-0.4, -0.2) is 84.3 Å². The van der Waals surface area contributed by atoms with E-state index in [4.69, 9.17) is 9.47 Å². The van der Waals surface area contributed by atoms with Gasteiger partial charge in [0, 0.05) is 43.9 Å². The number of piperidine rings is 1. The molecular formula is C29H37F4N5O4. The van der Waals surface area contributed by atoms with Gasteiger partial charge in [-0.2, -0.15) is 0 Å². The number of ether oxygens (including phenoxy) is 3. The zero-order chi connectivity index (χ0) is 29.7. The molecule has 230 valence electrons. The lowest BCUT2D eigenvalue weighted by atomic mass is 9.98. The van der Waals surface area contributed by atoms with Crippen molar-refractivity contribution in [3.05, 3.63) is 47.4 Å². The Hall–Kier alpha value is -3.03. The number of benzene rings is 1. The minimum Gasteiger partial charge on any atom is -0.406 e. The fraction of sp³-hybridized carbons (Fsp3) is 0.621. The summed E-state index contributed by atoms with van der Waals surface area (Å²) in [5.74, 6) is 0.131. The van der Waals surface area contributed by atoms with Crippen LogP contribution in [0.1, 0.15) is 66.2 Å². The summed E-state index contributed by atoms with van der Waals surface area (Å²) in [6.45, 7) is 4.07. The molecule has 2 aromatic rings. The highest BCUT2D eigenvalue weighted by molar-refractivity contribution is 5.94. The smallest absolute Gasteiger partial charge is 0.406 e. The highest BCUT2D eigenvalue weighted by Crippen LogP contribution is 2.33. The first-order valence-electron chi connectivity index (χ1n) is 14.5. The van der Waals surface area contributed by atoms with Gasteiger partial charge in [0.2, 0.25) is 0 Å². The van der Waals surface area contributed by atoms with Crippen LogP contribution >= 0.6 is 0 Å². The average Bonchev–Trinajstić information content (AvgIpc) is 2.98. The van der Waals surface area contributed by atoms with Gasteiger partial charge in [0.15, 0.2) is 0 Å². The number of nitrogens with one attached hydrogen (secondary N) is 2. The predicted molar refractivity (Wildman–Crippen MR) is 146 cm³/mol. The van der Waals surface area contributed by atoms with Gasteiger partial charge in [-0.1, -0.05) is 12.1 Å². The molecule has 1 aromatic heterocycles. The molecule has 3 saturated heterocycles. The van der Waals surface area contributed by atoms with E-state index >= 15 is 0 Å². The van der Waals surface area contributed by atoms with Crippen molar-refractivity contribution in [3.8, 4) is 5.75 Å². The minimum absolute atomic E-state index is 0.129. The Morgan fingerprint density at radius 3 is 2.57 bits per heavy atom. The summed E-state index contributed by atoms with van der Waals surface area (Å²) in [6, 6.07) is 5.73. The van der Waals surface area contributed by atoms with Crippen LogP contribution in [0.25, 0.3) is 0 Å². The van der Waals surface area contributed by atoms with E-state index in [-0.39, 0.29) is 42.6 Å². The molecule has 2 N–H and O–H groups in total. The van der Waals surface area contributed by atoms with Crippen LogP contribution < -0.4 is 15.4 Å². The van der Waals surface area contributed by atoms with Crippen LogP contribution in [-0.2, 0) is 9.47 Å². The van der Waals surface area contributed by atoms with E-state index < -0.39 is 12.5 Å². The van der Waals surface area contributed by atoms with E-state index in [1.807, 2.05) is 6.92 Å². The quantitative estimate of drug-likeness (QED) is 0.423. The molecule has 4 heterocycles. The number of hydrogen-bond donors (Lipinski definition) is 2. The number of amides is 1. The van der Waals surface area contributed by atoms with E-state index in [9.17, 15) is 22.4 Å². The molecule has 4 atom stereocenters. The third-order valence-electron chi connectivity index (χ3n) is 8.14. The second kappa shape index (κ2) is 13.5. The van der Waals surface area contributed by atoms with Crippen molar-refractivity contribution < 1.29 is 36.6 Å². The van der Waals surface area contributed by atoms with Gasteiger partial charge in [0.1, 0.15) is 29.8 Å². The highest BCUT2D eigenvalue weighted by atomic mass is 19.4. The van der Waals surface area contributed by atoms with Gasteiger partial charge in [0.25, 0.3) is 5.91 Å². The second-order valence-corrected chi connectivity index (χ2v) is 11.1. The lowest BCUT2D eigenvalue weighted by molar-refractivity contribution is -0.274. The van der Waals surface area contributed by atoms with Crippen molar-refractivity contribution in [2.75, 3.05) is 38.2 Å². The standard InChI is InChI=1S/C29H37F4N5O4/c1-18-26(28(39)38-12-9-20(10-13-38)37-24-11-14-40-16-23(24)30)35-17-36-27(18)34-15-22-3-2-4-25(41-22)19-5-7-21(8-6-19)42-29(31,32)33/h5-8,17,20,22-25,37H,2-4,9-16H2,1H3,(H,34,35,36)/t22-,23+,24-,25+/m1/s1. The van der Waals surface area contributed by atoms with E-state index in [2.05, 4.69) is 25.3 Å². The Morgan fingerprint density at radius 1 is 1.10 bits per heavy atom. The van der Waals surface area contributed by atoms with Gasteiger partial charge in [-0.15, -0.1) is 13.2 Å². The third kappa shape index (κ3) is 7.87. The SMILES string of the molecule is Cc1c(NC[C@H]2CCC[C@@H](c3ccc(OC(F)(F)F)cc3)O2)ncnc1C(=O)N1CCC(N[C@@H]2CCOC[C@@H]2F)CC1.